The van der Waals surface area contributed by atoms with E-state index >= 15 is 0 Å². The first kappa shape index (κ1) is 17.5. The van der Waals surface area contributed by atoms with Crippen LogP contribution in [0.5, 0.6) is 0 Å². The molecule has 3 aromatic rings. The van der Waals surface area contributed by atoms with Gasteiger partial charge in [0.2, 0.25) is 11.9 Å². The van der Waals surface area contributed by atoms with E-state index in [-0.39, 0.29) is 5.91 Å². The Labute approximate surface area is 159 Å². The lowest BCUT2D eigenvalue weighted by molar-refractivity contribution is -0.119. The van der Waals surface area contributed by atoms with Gasteiger partial charge in [0.15, 0.2) is 0 Å². The van der Waals surface area contributed by atoms with E-state index in [1.54, 1.807) is 6.92 Å². The van der Waals surface area contributed by atoms with Crippen molar-refractivity contribution in [2.75, 3.05) is 5.32 Å². The molecule has 0 unspecified atom stereocenters. The van der Waals surface area contributed by atoms with E-state index in [0.29, 0.717) is 18.0 Å². The predicted octanol–water partition coefficient (Wildman–Crippen LogP) is 4.16. The maximum absolute atomic E-state index is 11.2. The number of nitrogens with zero attached hydrogens (tertiary/aromatic N) is 2. The molecule has 27 heavy (non-hydrogen) atoms. The number of fused-ring (bicyclic) bond motifs is 1. The van der Waals surface area contributed by atoms with E-state index in [9.17, 15) is 4.79 Å². The summed E-state index contributed by atoms with van der Waals surface area (Å²) in [5, 5.41) is 8.91. The number of hydrogen-bond acceptors (Lipinski definition) is 4. The Balaban J connectivity index is 1.45. The van der Waals surface area contributed by atoms with Crippen LogP contribution in [0.3, 0.4) is 0 Å². The quantitative estimate of drug-likeness (QED) is 0.733. The number of anilines is 1. The lowest BCUT2D eigenvalue weighted by atomic mass is 9.91. The monoisotopic (exact) mass is 360 g/mol. The number of amides is 1. The van der Waals surface area contributed by atoms with Gasteiger partial charge in [0.05, 0.1) is 5.69 Å². The van der Waals surface area contributed by atoms with E-state index < -0.39 is 0 Å². The van der Waals surface area contributed by atoms with Crippen LogP contribution in [0.2, 0.25) is 0 Å². The average molecular weight is 360 g/mol. The van der Waals surface area contributed by atoms with E-state index in [1.807, 2.05) is 12.3 Å². The van der Waals surface area contributed by atoms with E-state index in [1.165, 1.54) is 10.8 Å². The summed E-state index contributed by atoms with van der Waals surface area (Å²) in [5.74, 6) is 0.724. The molecule has 0 aliphatic heterocycles. The molecule has 1 amide bonds. The third-order valence-electron chi connectivity index (χ3n) is 5.17. The zero-order chi connectivity index (χ0) is 18.6. The number of benzene rings is 2. The SMILES string of the molecule is CC(=O)NC1CCC(Nc2nccc(-c3ccc4ccccc4c3)n2)CC1. The topological polar surface area (TPSA) is 66.9 Å². The fourth-order valence-electron chi connectivity index (χ4n) is 3.79. The third-order valence-corrected chi connectivity index (χ3v) is 5.17. The van der Waals surface area contributed by atoms with Gasteiger partial charge in [0.25, 0.3) is 0 Å². The van der Waals surface area contributed by atoms with Crippen molar-refractivity contribution < 1.29 is 4.79 Å². The minimum atomic E-state index is 0.0535. The number of aromatic nitrogens is 2. The zero-order valence-electron chi connectivity index (χ0n) is 15.5. The van der Waals surface area contributed by atoms with Gasteiger partial charge < -0.3 is 10.6 Å². The summed E-state index contributed by atoms with van der Waals surface area (Å²) in [6.07, 6.45) is 5.80. The molecule has 2 N–H and O–H groups in total. The highest BCUT2D eigenvalue weighted by Gasteiger charge is 2.22. The summed E-state index contributed by atoms with van der Waals surface area (Å²) in [6, 6.07) is 17.3. The smallest absolute Gasteiger partial charge is 0.223 e. The fourth-order valence-corrected chi connectivity index (χ4v) is 3.79. The maximum atomic E-state index is 11.2. The highest BCUT2D eigenvalue weighted by atomic mass is 16.1. The average Bonchev–Trinajstić information content (AvgIpc) is 2.69. The largest absolute Gasteiger partial charge is 0.354 e. The summed E-state index contributed by atoms with van der Waals surface area (Å²) >= 11 is 0. The summed E-state index contributed by atoms with van der Waals surface area (Å²) < 4.78 is 0. The molecule has 4 rings (SSSR count). The van der Waals surface area contributed by atoms with Crippen LogP contribution in [0, 0.1) is 0 Å². The van der Waals surface area contributed by atoms with Crippen LogP contribution in [0.1, 0.15) is 32.6 Å². The van der Waals surface area contributed by atoms with Crippen molar-refractivity contribution in [3.05, 3.63) is 54.7 Å². The number of nitrogens with one attached hydrogen (secondary N) is 2. The van der Waals surface area contributed by atoms with Crippen LogP contribution < -0.4 is 10.6 Å². The molecule has 0 saturated heterocycles. The van der Waals surface area contributed by atoms with E-state index in [4.69, 9.17) is 4.98 Å². The van der Waals surface area contributed by atoms with Crippen molar-refractivity contribution in [3.63, 3.8) is 0 Å². The van der Waals surface area contributed by atoms with Gasteiger partial charge >= 0.3 is 0 Å². The molecule has 138 valence electrons. The molecule has 1 heterocycles. The minimum absolute atomic E-state index is 0.0535. The van der Waals surface area contributed by atoms with Gasteiger partial charge in [-0.15, -0.1) is 0 Å². The van der Waals surface area contributed by atoms with Crippen molar-refractivity contribution in [1.29, 1.82) is 0 Å². The second-order valence-corrected chi connectivity index (χ2v) is 7.22. The van der Waals surface area contributed by atoms with Crippen molar-refractivity contribution >= 4 is 22.6 Å². The number of carbonyl (C=O) groups excluding carboxylic acids is 1. The molecule has 1 saturated carbocycles. The van der Waals surface area contributed by atoms with Crippen molar-refractivity contribution in [2.45, 2.75) is 44.7 Å². The standard InChI is InChI=1S/C22H24N4O/c1-15(27)24-19-8-10-20(11-9-19)25-22-23-13-12-21(26-22)18-7-6-16-4-2-3-5-17(16)14-18/h2-7,12-14,19-20H,8-11H2,1H3,(H,24,27)(H,23,25,26). The maximum Gasteiger partial charge on any atom is 0.223 e. The second-order valence-electron chi connectivity index (χ2n) is 7.22. The molecular weight excluding hydrogens is 336 g/mol. The third kappa shape index (κ3) is 4.25. The first-order valence-electron chi connectivity index (χ1n) is 9.53. The second kappa shape index (κ2) is 7.74. The molecule has 1 aromatic heterocycles. The zero-order valence-corrected chi connectivity index (χ0v) is 15.5. The predicted molar refractivity (Wildman–Crippen MR) is 108 cm³/mol. The van der Waals surface area contributed by atoms with Crippen LogP contribution >= 0.6 is 0 Å². The molecule has 0 radical (unpaired) electrons. The number of hydrogen-bond donors (Lipinski definition) is 2. The van der Waals surface area contributed by atoms with Gasteiger partial charge in [-0.1, -0.05) is 36.4 Å². The first-order valence-corrected chi connectivity index (χ1v) is 9.53. The van der Waals surface area contributed by atoms with Gasteiger partial charge in [0.1, 0.15) is 0 Å². The Bertz CT molecular complexity index is 948. The highest BCUT2D eigenvalue weighted by Crippen LogP contribution is 2.25. The molecule has 5 heteroatoms. The molecule has 5 nitrogen and oxygen atoms in total. The van der Waals surface area contributed by atoms with Crippen molar-refractivity contribution in [1.82, 2.24) is 15.3 Å². The van der Waals surface area contributed by atoms with E-state index in [0.717, 1.165) is 36.9 Å². The van der Waals surface area contributed by atoms with Gasteiger partial charge in [-0.2, -0.15) is 0 Å². The molecular formula is C22H24N4O. The van der Waals surface area contributed by atoms with Gasteiger partial charge in [-0.25, -0.2) is 9.97 Å². The van der Waals surface area contributed by atoms with Crippen LogP contribution in [-0.2, 0) is 4.79 Å². The van der Waals surface area contributed by atoms with Crippen LogP contribution in [0.25, 0.3) is 22.0 Å². The summed E-state index contributed by atoms with van der Waals surface area (Å²) in [6.45, 7) is 1.58. The lowest BCUT2D eigenvalue weighted by Gasteiger charge is -2.29. The Morgan fingerprint density at radius 2 is 1.70 bits per heavy atom. The molecule has 0 bridgehead atoms. The first-order chi connectivity index (χ1) is 13.2. The lowest BCUT2D eigenvalue weighted by Crippen LogP contribution is -2.39. The summed E-state index contributed by atoms with van der Waals surface area (Å²) in [7, 11) is 0. The minimum Gasteiger partial charge on any atom is -0.354 e. The van der Waals surface area contributed by atoms with E-state index in [2.05, 4.69) is 58.1 Å². The van der Waals surface area contributed by atoms with Crippen molar-refractivity contribution in [2.24, 2.45) is 0 Å². The fraction of sp³-hybridized carbons (Fsp3) is 0.318. The normalized spacial score (nSPS) is 19.6. The van der Waals surface area contributed by atoms with Crippen LogP contribution in [0.4, 0.5) is 5.95 Å². The van der Waals surface area contributed by atoms with Gasteiger partial charge in [-0.05, 0) is 48.6 Å². The number of rotatable bonds is 4. The summed E-state index contributed by atoms with van der Waals surface area (Å²) in [4.78, 5) is 20.3. The summed E-state index contributed by atoms with van der Waals surface area (Å²) in [5.41, 5.74) is 2.01. The van der Waals surface area contributed by atoms with Crippen LogP contribution in [-0.4, -0.2) is 28.0 Å². The van der Waals surface area contributed by atoms with Crippen molar-refractivity contribution in [3.8, 4) is 11.3 Å². The Morgan fingerprint density at radius 3 is 2.48 bits per heavy atom. The van der Waals surface area contributed by atoms with Gasteiger partial charge in [-0.3, -0.25) is 4.79 Å². The Morgan fingerprint density at radius 1 is 0.963 bits per heavy atom. The van der Waals surface area contributed by atoms with Crippen LogP contribution in [0.15, 0.2) is 54.7 Å². The molecule has 1 fully saturated rings. The highest BCUT2D eigenvalue weighted by molar-refractivity contribution is 5.86. The Kier molecular flexibility index (Phi) is 5.01. The number of carbonyl (C=O) groups is 1. The van der Waals surface area contributed by atoms with Gasteiger partial charge in [0, 0.05) is 30.8 Å². The molecule has 2 aromatic carbocycles. The molecule has 0 spiro atoms. The molecule has 1 aliphatic rings. The Hall–Kier alpha value is -2.95. The molecule has 1 aliphatic carbocycles. The molecule has 0 atom stereocenters.